The summed E-state index contributed by atoms with van der Waals surface area (Å²) in [7, 11) is 0. The lowest BCUT2D eigenvalue weighted by molar-refractivity contribution is -0.385. The number of nitro groups is 1. The maximum absolute atomic E-state index is 12.3. The first-order chi connectivity index (χ1) is 11.0. The second kappa shape index (κ2) is 8.99. The summed E-state index contributed by atoms with van der Waals surface area (Å²) in [6.45, 7) is 2.56. The summed E-state index contributed by atoms with van der Waals surface area (Å²) in [6.07, 6.45) is 5.94. The highest BCUT2D eigenvalue weighted by Gasteiger charge is 2.32. The predicted molar refractivity (Wildman–Crippen MR) is 96.1 cm³/mol. The van der Waals surface area contributed by atoms with E-state index in [-0.39, 0.29) is 29.4 Å². The van der Waals surface area contributed by atoms with E-state index in [0.29, 0.717) is 25.1 Å². The molecular weight excluding hydrogens is 330 g/mol. The Morgan fingerprint density at radius 2 is 2.00 bits per heavy atom. The van der Waals surface area contributed by atoms with Crippen LogP contribution in [0.4, 0.5) is 5.69 Å². The summed E-state index contributed by atoms with van der Waals surface area (Å²) in [5.41, 5.74) is 7.31. The first-order valence-corrected chi connectivity index (χ1v) is 8.17. The molecule has 0 aliphatic heterocycles. The lowest BCUT2D eigenvalue weighted by Gasteiger charge is -2.35. The van der Waals surface area contributed by atoms with Gasteiger partial charge in [-0.15, -0.1) is 12.4 Å². The topological polar surface area (TPSA) is 98.3 Å². The van der Waals surface area contributed by atoms with Gasteiger partial charge < -0.3 is 11.1 Å². The molecule has 134 valence electrons. The first-order valence-electron chi connectivity index (χ1n) is 8.17. The van der Waals surface area contributed by atoms with Crippen molar-refractivity contribution in [1.29, 1.82) is 0 Å². The fourth-order valence-corrected chi connectivity index (χ4v) is 3.41. The second-order valence-electron chi connectivity index (χ2n) is 6.54. The first kappa shape index (κ1) is 20.4. The fourth-order valence-electron chi connectivity index (χ4n) is 3.41. The molecule has 1 aliphatic rings. The van der Waals surface area contributed by atoms with Gasteiger partial charge in [0.1, 0.15) is 0 Å². The quantitative estimate of drug-likeness (QED) is 0.604. The van der Waals surface area contributed by atoms with Crippen molar-refractivity contribution < 1.29 is 9.72 Å². The van der Waals surface area contributed by atoms with Crippen LogP contribution in [0.25, 0.3) is 0 Å². The van der Waals surface area contributed by atoms with E-state index in [4.69, 9.17) is 5.73 Å². The van der Waals surface area contributed by atoms with Gasteiger partial charge in [0.15, 0.2) is 0 Å². The monoisotopic (exact) mass is 355 g/mol. The highest BCUT2D eigenvalue weighted by Crippen LogP contribution is 2.38. The molecule has 0 radical (unpaired) electrons. The minimum absolute atomic E-state index is 0. The number of nitro benzene ring substituents is 1. The molecule has 1 saturated carbocycles. The molecule has 6 nitrogen and oxygen atoms in total. The predicted octanol–water partition coefficient (Wildman–Crippen LogP) is 3.24. The number of benzene rings is 1. The molecule has 7 heteroatoms. The van der Waals surface area contributed by atoms with Crippen molar-refractivity contribution in [3.8, 4) is 0 Å². The number of hydrogen-bond acceptors (Lipinski definition) is 4. The van der Waals surface area contributed by atoms with Crippen molar-refractivity contribution in [3.05, 3.63) is 39.4 Å². The van der Waals surface area contributed by atoms with Gasteiger partial charge in [0, 0.05) is 24.6 Å². The summed E-state index contributed by atoms with van der Waals surface area (Å²) < 4.78 is 0. The molecule has 0 heterocycles. The van der Waals surface area contributed by atoms with Crippen molar-refractivity contribution in [3.63, 3.8) is 0 Å². The Morgan fingerprint density at radius 1 is 1.33 bits per heavy atom. The van der Waals surface area contributed by atoms with Crippen LogP contribution in [0.15, 0.2) is 18.2 Å². The number of amides is 1. The van der Waals surface area contributed by atoms with Gasteiger partial charge in [0.05, 0.1) is 4.92 Å². The summed E-state index contributed by atoms with van der Waals surface area (Å²) in [6, 6.07) is 4.93. The SMILES string of the molecule is Cc1c(CNC(=O)CC2(CN)CCCCC2)cccc1[N+](=O)[O-].Cl. The molecule has 0 spiro atoms. The largest absolute Gasteiger partial charge is 0.352 e. The minimum atomic E-state index is -0.397. The van der Waals surface area contributed by atoms with Crippen LogP contribution >= 0.6 is 12.4 Å². The van der Waals surface area contributed by atoms with Crippen LogP contribution in [-0.2, 0) is 11.3 Å². The average Bonchev–Trinajstić information content (AvgIpc) is 2.54. The van der Waals surface area contributed by atoms with Crippen molar-refractivity contribution in [1.82, 2.24) is 5.32 Å². The summed E-state index contributed by atoms with van der Waals surface area (Å²) in [5.74, 6) is -0.0248. The Hall–Kier alpha value is -1.66. The van der Waals surface area contributed by atoms with Gasteiger partial charge in [-0.25, -0.2) is 0 Å². The van der Waals surface area contributed by atoms with Gasteiger partial charge in [-0.2, -0.15) is 0 Å². The molecule has 0 unspecified atom stereocenters. The van der Waals surface area contributed by atoms with Crippen molar-refractivity contribution in [2.24, 2.45) is 11.1 Å². The number of nitrogens with two attached hydrogens (primary N) is 1. The molecular formula is C17H26ClN3O3. The molecule has 0 bridgehead atoms. The van der Waals surface area contributed by atoms with Crippen molar-refractivity contribution in [2.45, 2.75) is 52.0 Å². The van der Waals surface area contributed by atoms with Crippen LogP contribution in [0.2, 0.25) is 0 Å². The van der Waals surface area contributed by atoms with Gasteiger partial charge in [0.25, 0.3) is 5.69 Å². The van der Waals surface area contributed by atoms with E-state index in [1.807, 2.05) is 6.07 Å². The Bertz CT molecular complexity index is 586. The molecule has 0 aromatic heterocycles. The Balaban J connectivity index is 0.00000288. The molecule has 0 saturated heterocycles. The number of carbonyl (C=O) groups excluding carboxylic acids is 1. The zero-order valence-corrected chi connectivity index (χ0v) is 14.9. The van der Waals surface area contributed by atoms with E-state index in [2.05, 4.69) is 5.32 Å². The molecule has 1 fully saturated rings. The number of nitrogens with one attached hydrogen (secondary N) is 1. The zero-order chi connectivity index (χ0) is 16.9. The van der Waals surface area contributed by atoms with Gasteiger partial charge in [0.2, 0.25) is 5.91 Å². The van der Waals surface area contributed by atoms with E-state index in [1.54, 1.807) is 13.0 Å². The summed E-state index contributed by atoms with van der Waals surface area (Å²) >= 11 is 0. The summed E-state index contributed by atoms with van der Waals surface area (Å²) in [4.78, 5) is 22.8. The number of hydrogen-bond donors (Lipinski definition) is 2. The third kappa shape index (κ3) is 4.92. The second-order valence-corrected chi connectivity index (χ2v) is 6.54. The van der Waals surface area contributed by atoms with E-state index in [0.717, 1.165) is 31.2 Å². The molecule has 1 aliphatic carbocycles. The van der Waals surface area contributed by atoms with Gasteiger partial charge in [-0.1, -0.05) is 31.4 Å². The van der Waals surface area contributed by atoms with E-state index >= 15 is 0 Å². The summed E-state index contributed by atoms with van der Waals surface area (Å²) in [5, 5.41) is 13.9. The molecule has 1 amide bonds. The van der Waals surface area contributed by atoms with Crippen LogP contribution < -0.4 is 11.1 Å². The Morgan fingerprint density at radius 3 is 2.58 bits per heavy atom. The highest BCUT2D eigenvalue weighted by atomic mass is 35.5. The number of nitrogens with zero attached hydrogens (tertiary/aromatic N) is 1. The van der Waals surface area contributed by atoms with Crippen LogP contribution in [0.3, 0.4) is 0 Å². The highest BCUT2D eigenvalue weighted by molar-refractivity contribution is 5.85. The standard InChI is InChI=1S/C17H25N3O3.ClH/c1-13-14(6-5-7-15(13)20(22)23)11-19-16(21)10-17(12-18)8-3-2-4-9-17;/h5-7H,2-4,8-12,18H2,1H3,(H,19,21);1H. The van der Waals surface area contributed by atoms with Gasteiger partial charge >= 0.3 is 0 Å². The normalized spacial score (nSPS) is 16.1. The third-order valence-electron chi connectivity index (χ3n) is 4.97. The van der Waals surface area contributed by atoms with E-state index < -0.39 is 4.92 Å². The molecule has 0 atom stereocenters. The Kier molecular flexibility index (Phi) is 7.63. The van der Waals surface area contributed by atoms with Crippen LogP contribution in [0, 0.1) is 22.5 Å². The lowest BCUT2D eigenvalue weighted by atomic mass is 9.71. The fraction of sp³-hybridized carbons (Fsp3) is 0.588. The number of rotatable bonds is 6. The van der Waals surface area contributed by atoms with E-state index in [1.165, 1.54) is 12.5 Å². The van der Waals surface area contributed by atoms with Crippen molar-refractivity contribution in [2.75, 3.05) is 6.54 Å². The maximum Gasteiger partial charge on any atom is 0.272 e. The van der Waals surface area contributed by atoms with Crippen LogP contribution in [0.5, 0.6) is 0 Å². The van der Waals surface area contributed by atoms with Gasteiger partial charge in [-0.05, 0) is 37.3 Å². The Labute approximate surface area is 148 Å². The van der Waals surface area contributed by atoms with E-state index in [9.17, 15) is 14.9 Å². The molecule has 1 aromatic carbocycles. The number of carbonyl (C=O) groups is 1. The maximum atomic E-state index is 12.3. The van der Waals surface area contributed by atoms with Crippen LogP contribution in [0.1, 0.15) is 49.7 Å². The number of halogens is 1. The molecule has 1 aromatic rings. The lowest BCUT2D eigenvalue weighted by Crippen LogP contribution is -2.38. The molecule has 3 N–H and O–H groups in total. The molecule has 2 rings (SSSR count). The third-order valence-corrected chi connectivity index (χ3v) is 4.97. The average molecular weight is 356 g/mol. The van der Waals surface area contributed by atoms with Gasteiger partial charge in [-0.3, -0.25) is 14.9 Å². The van der Waals surface area contributed by atoms with Crippen molar-refractivity contribution >= 4 is 24.0 Å². The van der Waals surface area contributed by atoms with Crippen LogP contribution in [-0.4, -0.2) is 17.4 Å². The zero-order valence-electron chi connectivity index (χ0n) is 14.0. The molecule has 24 heavy (non-hydrogen) atoms. The minimum Gasteiger partial charge on any atom is -0.352 e. The smallest absolute Gasteiger partial charge is 0.272 e.